The molecular weight excluding hydrogens is 238 g/mol. The molecule has 0 radical (unpaired) electrons. The van der Waals surface area contributed by atoms with Crippen LogP contribution in [0.4, 0.5) is 8.78 Å². The van der Waals surface area contributed by atoms with E-state index in [9.17, 15) is 13.6 Å². The number of hydrogen-bond acceptors (Lipinski definition) is 2. The van der Waals surface area contributed by atoms with Crippen LogP contribution in [0.3, 0.4) is 0 Å². The Kier molecular flexibility index (Phi) is 5.71. The molecule has 0 aliphatic rings. The normalized spacial score (nSPS) is 12.2. The number of amides is 1. The summed E-state index contributed by atoms with van der Waals surface area (Å²) >= 11 is 0. The number of hydrogen-bond donors (Lipinski definition) is 2. The Labute approximate surface area is 105 Å². The number of carbonyl (C=O) groups excluding carboxylic acids is 1. The van der Waals surface area contributed by atoms with Gasteiger partial charge in [0.25, 0.3) is 0 Å². The predicted molar refractivity (Wildman–Crippen MR) is 66.0 cm³/mol. The minimum Gasteiger partial charge on any atom is -0.354 e. The highest BCUT2D eigenvalue weighted by atomic mass is 19.1. The van der Waals surface area contributed by atoms with Crippen molar-refractivity contribution in [1.82, 2.24) is 5.32 Å². The first-order chi connectivity index (χ1) is 8.56. The maximum atomic E-state index is 13.3. The summed E-state index contributed by atoms with van der Waals surface area (Å²) in [6.45, 7) is 2.11. The van der Waals surface area contributed by atoms with Crippen molar-refractivity contribution in [3.8, 4) is 0 Å². The summed E-state index contributed by atoms with van der Waals surface area (Å²) in [6.07, 6.45) is 1.53. The van der Waals surface area contributed by atoms with Gasteiger partial charge in [-0.1, -0.05) is 19.4 Å². The largest absolute Gasteiger partial charge is 0.354 e. The average molecular weight is 256 g/mol. The van der Waals surface area contributed by atoms with E-state index < -0.39 is 17.7 Å². The molecule has 1 aromatic carbocycles. The summed E-state index contributed by atoms with van der Waals surface area (Å²) in [5.74, 6) is -1.47. The van der Waals surface area contributed by atoms with E-state index in [1.54, 1.807) is 0 Å². The minimum atomic E-state index is -0.595. The van der Waals surface area contributed by atoms with Gasteiger partial charge >= 0.3 is 0 Å². The molecular formula is C13H18F2N2O. The molecule has 1 atom stereocenters. The van der Waals surface area contributed by atoms with Crippen molar-refractivity contribution in [2.45, 2.75) is 32.2 Å². The molecule has 1 aromatic rings. The third-order valence-electron chi connectivity index (χ3n) is 2.67. The van der Waals surface area contributed by atoms with E-state index in [-0.39, 0.29) is 24.4 Å². The van der Waals surface area contributed by atoms with Gasteiger partial charge in [-0.3, -0.25) is 4.79 Å². The lowest BCUT2D eigenvalue weighted by Crippen LogP contribution is -2.41. The zero-order chi connectivity index (χ0) is 13.5. The van der Waals surface area contributed by atoms with Crippen LogP contribution in [0.1, 0.15) is 25.3 Å². The van der Waals surface area contributed by atoms with Crippen LogP contribution >= 0.6 is 0 Å². The Morgan fingerprint density at radius 3 is 2.56 bits per heavy atom. The van der Waals surface area contributed by atoms with Crippen molar-refractivity contribution >= 4 is 5.91 Å². The van der Waals surface area contributed by atoms with Gasteiger partial charge in [-0.2, -0.15) is 0 Å². The first-order valence-corrected chi connectivity index (χ1v) is 6.02. The molecule has 0 spiro atoms. The molecule has 0 saturated carbocycles. The van der Waals surface area contributed by atoms with Crippen molar-refractivity contribution in [2.75, 3.05) is 6.54 Å². The van der Waals surface area contributed by atoms with Crippen LogP contribution < -0.4 is 11.1 Å². The fourth-order valence-electron chi connectivity index (χ4n) is 1.66. The molecule has 0 saturated heterocycles. The summed E-state index contributed by atoms with van der Waals surface area (Å²) in [7, 11) is 0. The van der Waals surface area contributed by atoms with Crippen LogP contribution in [-0.2, 0) is 11.2 Å². The molecule has 1 unspecified atom stereocenters. The van der Waals surface area contributed by atoms with Gasteiger partial charge in [-0.25, -0.2) is 8.78 Å². The maximum Gasteiger partial charge on any atom is 0.236 e. The Morgan fingerprint density at radius 2 is 2.00 bits per heavy atom. The monoisotopic (exact) mass is 256 g/mol. The summed E-state index contributed by atoms with van der Waals surface area (Å²) in [6, 6.07) is 3.15. The summed E-state index contributed by atoms with van der Waals surface area (Å²) in [5, 5.41) is 2.57. The highest BCUT2D eigenvalue weighted by molar-refractivity contribution is 5.81. The third kappa shape index (κ3) is 4.07. The van der Waals surface area contributed by atoms with E-state index in [1.165, 1.54) is 18.2 Å². The van der Waals surface area contributed by atoms with E-state index in [4.69, 9.17) is 5.73 Å². The zero-order valence-electron chi connectivity index (χ0n) is 10.4. The van der Waals surface area contributed by atoms with Gasteiger partial charge in [-0.15, -0.1) is 0 Å². The molecule has 0 aromatic heterocycles. The highest BCUT2D eigenvalue weighted by Crippen LogP contribution is 2.11. The van der Waals surface area contributed by atoms with Crippen molar-refractivity contribution < 1.29 is 13.6 Å². The molecule has 100 valence electrons. The molecule has 0 bridgehead atoms. The van der Waals surface area contributed by atoms with Gasteiger partial charge in [-0.05, 0) is 25.0 Å². The number of halogens is 2. The van der Waals surface area contributed by atoms with Gasteiger partial charge < -0.3 is 11.1 Å². The molecule has 0 fully saturated rings. The topological polar surface area (TPSA) is 55.1 Å². The van der Waals surface area contributed by atoms with Gasteiger partial charge in [0, 0.05) is 12.1 Å². The van der Waals surface area contributed by atoms with E-state index in [0.29, 0.717) is 6.42 Å². The van der Waals surface area contributed by atoms with Crippen molar-refractivity contribution in [3.05, 3.63) is 35.4 Å². The first-order valence-electron chi connectivity index (χ1n) is 6.02. The fraction of sp³-hybridized carbons (Fsp3) is 0.462. The van der Waals surface area contributed by atoms with E-state index in [2.05, 4.69) is 5.32 Å². The number of carbonyl (C=O) groups is 1. The summed E-state index contributed by atoms with van der Waals surface area (Å²) in [4.78, 5) is 11.5. The van der Waals surface area contributed by atoms with Crippen molar-refractivity contribution in [3.63, 3.8) is 0 Å². The Bertz CT molecular complexity index is 390. The molecule has 0 aliphatic carbocycles. The van der Waals surface area contributed by atoms with Crippen LogP contribution in [0.25, 0.3) is 0 Å². The molecule has 0 aliphatic heterocycles. The second-order valence-electron chi connectivity index (χ2n) is 4.14. The van der Waals surface area contributed by atoms with E-state index >= 15 is 0 Å². The molecule has 3 N–H and O–H groups in total. The van der Waals surface area contributed by atoms with Crippen LogP contribution in [0.15, 0.2) is 18.2 Å². The number of benzene rings is 1. The quantitative estimate of drug-likeness (QED) is 0.814. The van der Waals surface area contributed by atoms with Crippen molar-refractivity contribution in [1.29, 1.82) is 0 Å². The Hall–Kier alpha value is -1.49. The lowest BCUT2D eigenvalue weighted by molar-refractivity contribution is -0.122. The van der Waals surface area contributed by atoms with E-state index in [0.717, 1.165) is 6.42 Å². The minimum absolute atomic E-state index is 0.0122. The molecule has 0 heterocycles. The molecule has 18 heavy (non-hydrogen) atoms. The van der Waals surface area contributed by atoms with Crippen LogP contribution in [-0.4, -0.2) is 18.5 Å². The second-order valence-corrected chi connectivity index (χ2v) is 4.14. The lowest BCUT2D eigenvalue weighted by atomic mass is 10.1. The summed E-state index contributed by atoms with van der Waals surface area (Å²) < 4.78 is 26.6. The lowest BCUT2D eigenvalue weighted by Gasteiger charge is -2.11. The van der Waals surface area contributed by atoms with Crippen LogP contribution in [0.2, 0.25) is 0 Å². The fourth-order valence-corrected chi connectivity index (χ4v) is 1.66. The molecule has 1 amide bonds. The molecule has 1 rings (SSSR count). The van der Waals surface area contributed by atoms with Crippen LogP contribution in [0.5, 0.6) is 0 Å². The number of nitrogens with two attached hydrogens (primary N) is 1. The first kappa shape index (κ1) is 14.6. The average Bonchev–Trinajstić information content (AvgIpc) is 2.33. The highest BCUT2D eigenvalue weighted by Gasteiger charge is 2.12. The zero-order valence-corrected chi connectivity index (χ0v) is 10.4. The standard InChI is InChI=1S/C13H18F2N2O/c1-2-4-12(16)13(18)17-8-7-9-10(14)5-3-6-11(9)15/h3,5-6,12H,2,4,7-8,16H2,1H3,(H,17,18). The number of rotatable bonds is 6. The molecule has 3 nitrogen and oxygen atoms in total. The predicted octanol–water partition coefficient (Wildman–Crippen LogP) is 1.75. The second kappa shape index (κ2) is 7.06. The Morgan fingerprint density at radius 1 is 1.39 bits per heavy atom. The maximum absolute atomic E-state index is 13.3. The van der Waals surface area contributed by atoms with Gasteiger partial charge in [0.05, 0.1) is 6.04 Å². The third-order valence-corrected chi connectivity index (χ3v) is 2.67. The van der Waals surface area contributed by atoms with Crippen LogP contribution in [0, 0.1) is 11.6 Å². The SMILES string of the molecule is CCCC(N)C(=O)NCCc1c(F)cccc1F. The molecule has 5 heteroatoms. The van der Waals surface area contributed by atoms with Gasteiger partial charge in [0.2, 0.25) is 5.91 Å². The van der Waals surface area contributed by atoms with Crippen molar-refractivity contribution in [2.24, 2.45) is 5.73 Å². The van der Waals surface area contributed by atoms with Gasteiger partial charge in [0.15, 0.2) is 0 Å². The van der Waals surface area contributed by atoms with Gasteiger partial charge in [0.1, 0.15) is 11.6 Å². The number of nitrogens with one attached hydrogen (secondary N) is 1. The van der Waals surface area contributed by atoms with E-state index in [1.807, 2.05) is 6.92 Å². The smallest absolute Gasteiger partial charge is 0.236 e. The Balaban J connectivity index is 2.44. The summed E-state index contributed by atoms with van der Waals surface area (Å²) in [5.41, 5.74) is 5.59.